The summed E-state index contributed by atoms with van der Waals surface area (Å²) in [6.45, 7) is 5.68. The zero-order chi connectivity index (χ0) is 19.9. The van der Waals surface area contributed by atoms with Gasteiger partial charge in [-0.3, -0.25) is 0 Å². The Morgan fingerprint density at radius 1 is 1.21 bits per heavy atom. The first-order chi connectivity index (χ1) is 13.5. The van der Waals surface area contributed by atoms with E-state index < -0.39 is 0 Å². The van der Waals surface area contributed by atoms with Crippen LogP contribution in [0.25, 0.3) is 0 Å². The number of aromatic nitrogens is 3. The second kappa shape index (κ2) is 11.2. The summed E-state index contributed by atoms with van der Waals surface area (Å²) < 4.78 is 15.2. The fourth-order valence-corrected chi connectivity index (χ4v) is 3.40. The third-order valence-electron chi connectivity index (χ3n) is 4.56. The Labute approximate surface area is 191 Å². The third-order valence-corrected chi connectivity index (χ3v) is 5.44. The molecule has 156 valence electrons. The van der Waals surface area contributed by atoms with Crippen LogP contribution in [0.5, 0.6) is 0 Å². The van der Waals surface area contributed by atoms with E-state index in [9.17, 15) is 4.39 Å². The number of aliphatic imine (C=N–C) groups is 1. The Bertz CT molecular complexity index is 939. The quantitative estimate of drug-likeness (QED) is 0.279. The van der Waals surface area contributed by atoms with Crippen LogP contribution < -0.4 is 10.6 Å². The maximum Gasteiger partial charge on any atom is 0.192 e. The van der Waals surface area contributed by atoms with Crippen molar-refractivity contribution in [3.63, 3.8) is 0 Å². The van der Waals surface area contributed by atoms with Crippen molar-refractivity contribution in [2.45, 2.75) is 33.4 Å². The van der Waals surface area contributed by atoms with E-state index in [1.807, 2.05) is 37.6 Å². The first kappa shape index (κ1) is 23.3. The van der Waals surface area contributed by atoms with Crippen molar-refractivity contribution in [1.29, 1.82) is 0 Å². The molecule has 3 rings (SSSR count). The lowest BCUT2D eigenvalue weighted by Gasteiger charge is -2.13. The van der Waals surface area contributed by atoms with Crippen LogP contribution in [0.3, 0.4) is 0 Å². The van der Waals surface area contributed by atoms with Gasteiger partial charge < -0.3 is 15.2 Å². The molecule has 0 atom stereocenters. The molecular weight excluding hydrogens is 502 g/mol. The molecule has 0 radical (unpaired) electrons. The summed E-state index contributed by atoms with van der Waals surface area (Å²) in [5.74, 6) is 2.18. The first-order valence-corrected chi connectivity index (χ1v) is 10.1. The van der Waals surface area contributed by atoms with Crippen molar-refractivity contribution in [2.24, 2.45) is 12.0 Å². The molecule has 0 aliphatic heterocycles. The number of rotatable bonds is 7. The Morgan fingerprint density at radius 3 is 2.69 bits per heavy atom. The molecule has 0 unspecified atom stereocenters. The molecule has 0 aliphatic rings. The van der Waals surface area contributed by atoms with Gasteiger partial charge in [0.15, 0.2) is 11.8 Å². The van der Waals surface area contributed by atoms with E-state index in [0.29, 0.717) is 25.6 Å². The lowest BCUT2D eigenvalue weighted by atomic mass is 10.1. The maximum atomic E-state index is 13.3. The number of thiophene rings is 1. The fourth-order valence-electron chi connectivity index (χ4n) is 2.75. The Morgan fingerprint density at radius 2 is 2.03 bits per heavy atom. The van der Waals surface area contributed by atoms with Gasteiger partial charge in [0.2, 0.25) is 0 Å². The van der Waals surface area contributed by atoms with E-state index in [1.54, 1.807) is 17.4 Å². The maximum absolute atomic E-state index is 13.3. The van der Waals surface area contributed by atoms with Crippen LogP contribution in [0.4, 0.5) is 4.39 Å². The average Bonchev–Trinajstić information content (AvgIpc) is 3.30. The van der Waals surface area contributed by atoms with E-state index in [1.165, 1.54) is 10.9 Å². The normalized spacial score (nSPS) is 11.2. The molecule has 2 aromatic heterocycles. The molecule has 0 bridgehead atoms. The summed E-state index contributed by atoms with van der Waals surface area (Å²) in [5, 5.41) is 17.0. The third kappa shape index (κ3) is 6.77. The van der Waals surface area contributed by atoms with Gasteiger partial charge in [-0.2, -0.15) is 0 Å². The number of nitrogens with one attached hydrogen (secondary N) is 2. The molecule has 9 heteroatoms. The van der Waals surface area contributed by atoms with Crippen molar-refractivity contribution in [1.82, 2.24) is 25.4 Å². The number of nitrogens with zero attached hydrogens (tertiary/aromatic N) is 4. The molecule has 2 N–H and O–H groups in total. The monoisotopic (exact) mass is 528 g/mol. The molecule has 0 fully saturated rings. The molecule has 29 heavy (non-hydrogen) atoms. The molecular formula is C20H26FIN6S. The highest BCUT2D eigenvalue weighted by Crippen LogP contribution is 2.10. The zero-order valence-corrected chi connectivity index (χ0v) is 19.9. The van der Waals surface area contributed by atoms with Gasteiger partial charge in [-0.1, -0.05) is 12.1 Å². The molecule has 0 spiro atoms. The molecule has 2 heterocycles. The smallest absolute Gasteiger partial charge is 0.192 e. The lowest BCUT2D eigenvalue weighted by Crippen LogP contribution is -2.38. The second-order valence-electron chi connectivity index (χ2n) is 6.57. The van der Waals surface area contributed by atoms with E-state index in [-0.39, 0.29) is 29.8 Å². The summed E-state index contributed by atoms with van der Waals surface area (Å²) in [6.07, 6.45) is 0.787. The summed E-state index contributed by atoms with van der Waals surface area (Å²) in [5.41, 5.74) is 2.08. The standard InChI is InChI=1S/C20H25FN6S.HI/c1-14-11-17(21)7-6-16(14)8-9-22-20(23-12-18-5-4-10-28-18)24-13-19-26-25-15(2)27(19)3;/h4-7,10-11H,8-9,12-13H2,1-3H3,(H2,22,23,24);1H. The van der Waals surface area contributed by atoms with Gasteiger partial charge in [0.05, 0.1) is 6.54 Å². The predicted octanol–water partition coefficient (Wildman–Crippen LogP) is 3.73. The lowest BCUT2D eigenvalue weighted by molar-refractivity contribution is 0.625. The van der Waals surface area contributed by atoms with Crippen LogP contribution in [0, 0.1) is 19.7 Å². The number of hydrogen-bond donors (Lipinski definition) is 2. The van der Waals surface area contributed by atoms with Gasteiger partial charge in [0.25, 0.3) is 0 Å². The van der Waals surface area contributed by atoms with Gasteiger partial charge in [-0.15, -0.1) is 45.5 Å². The number of guanidine groups is 1. The predicted molar refractivity (Wildman–Crippen MR) is 126 cm³/mol. The van der Waals surface area contributed by atoms with Crippen molar-refractivity contribution < 1.29 is 4.39 Å². The molecule has 0 saturated carbocycles. The molecule has 0 aliphatic carbocycles. The van der Waals surface area contributed by atoms with Crippen molar-refractivity contribution in [2.75, 3.05) is 6.54 Å². The van der Waals surface area contributed by atoms with Crippen LogP contribution in [-0.2, 0) is 26.6 Å². The average molecular weight is 528 g/mol. The highest BCUT2D eigenvalue weighted by Gasteiger charge is 2.06. The topological polar surface area (TPSA) is 67.1 Å². The molecule has 6 nitrogen and oxygen atoms in total. The Balaban J connectivity index is 0.00000300. The van der Waals surface area contributed by atoms with E-state index in [0.717, 1.165) is 29.2 Å². The van der Waals surface area contributed by atoms with E-state index in [2.05, 4.69) is 37.3 Å². The minimum Gasteiger partial charge on any atom is -0.356 e. The van der Waals surface area contributed by atoms with Crippen molar-refractivity contribution >= 4 is 41.3 Å². The number of benzene rings is 1. The summed E-state index contributed by atoms with van der Waals surface area (Å²) in [7, 11) is 1.93. The van der Waals surface area contributed by atoms with Crippen molar-refractivity contribution in [3.8, 4) is 0 Å². The van der Waals surface area contributed by atoms with Crippen LogP contribution in [0.1, 0.15) is 27.7 Å². The van der Waals surface area contributed by atoms with Crippen LogP contribution >= 0.6 is 35.3 Å². The van der Waals surface area contributed by atoms with E-state index in [4.69, 9.17) is 0 Å². The number of halogens is 2. The molecule has 1 aromatic carbocycles. The highest BCUT2D eigenvalue weighted by molar-refractivity contribution is 14.0. The van der Waals surface area contributed by atoms with Gasteiger partial charge in [0.1, 0.15) is 18.2 Å². The van der Waals surface area contributed by atoms with Gasteiger partial charge >= 0.3 is 0 Å². The fraction of sp³-hybridized carbons (Fsp3) is 0.350. The molecule has 0 saturated heterocycles. The number of aryl methyl sites for hydroxylation is 2. The van der Waals surface area contributed by atoms with E-state index >= 15 is 0 Å². The summed E-state index contributed by atoms with van der Waals surface area (Å²) in [6, 6.07) is 9.03. The van der Waals surface area contributed by atoms with Crippen LogP contribution in [-0.4, -0.2) is 27.3 Å². The van der Waals surface area contributed by atoms with Gasteiger partial charge in [-0.05, 0) is 55.0 Å². The van der Waals surface area contributed by atoms with Crippen LogP contribution in [0.15, 0.2) is 40.7 Å². The Kier molecular flexibility index (Phi) is 9.02. The minimum absolute atomic E-state index is 0. The summed E-state index contributed by atoms with van der Waals surface area (Å²) >= 11 is 1.70. The SMILES string of the molecule is Cc1cc(F)ccc1CCNC(=NCc1nnc(C)n1C)NCc1cccs1.I. The van der Waals surface area contributed by atoms with Gasteiger partial charge in [0, 0.05) is 18.5 Å². The second-order valence-corrected chi connectivity index (χ2v) is 7.60. The Hall–Kier alpha value is -2.01. The molecule has 3 aromatic rings. The first-order valence-electron chi connectivity index (χ1n) is 9.17. The minimum atomic E-state index is -0.201. The van der Waals surface area contributed by atoms with Crippen molar-refractivity contribution in [3.05, 3.63) is 69.2 Å². The largest absolute Gasteiger partial charge is 0.356 e. The highest BCUT2D eigenvalue weighted by atomic mass is 127. The number of hydrogen-bond acceptors (Lipinski definition) is 4. The zero-order valence-electron chi connectivity index (χ0n) is 16.8. The summed E-state index contributed by atoms with van der Waals surface area (Å²) in [4.78, 5) is 5.89. The van der Waals surface area contributed by atoms with Gasteiger partial charge in [-0.25, -0.2) is 9.38 Å². The molecule has 0 amide bonds. The van der Waals surface area contributed by atoms with Crippen LogP contribution in [0.2, 0.25) is 0 Å².